The number of fused-ring (bicyclic) bond motifs is 1. The Morgan fingerprint density at radius 3 is 2.26 bits per heavy atom. The van der Waals surface area contributed by atoms with E-state index in [0.29, 0.717) is 19.0 Å². The van der Waals surface area contributed by atoms with E-state index in [2.05, 4.69) is 19.3 Å². The molecule has 22 nitrogen and oxygen atoms in total. The van der Waals surface area contributed by atoms with Crippen LogP contribution >= 0.6 is 15.6 Å². The van der Waals surface area contributed by atoms with Gasteiger partial charge in [0.25, 0.3) is 12.1 Å². The Balaban J connectivity index is 1.08. The van der Waals surface area contributed by atoms with Crippen molar-refractivity contribution in [3.63, 3.8) is 0 Å². The number of amides is 1. The van der Waals surface area contributed by atoms with E-state index in [1.165, 1.54) is 40.0 Å². The number of nitrogens with zero attached hydrogens (tertiary/aromatic N) is 6. The number of carbonyl (C=O) groups is 1. The summed E-state index contributed by atoms with van der Waals surface area (Å²) in [6, 6.07) is 2.85. The minimum atomic E-state index is -5.41. The number of anilines is 2. The molecule has 3 aromatic heterocycles. The molecule has 24 heteroatoms. The lowest BCUT2D eigenvalue weighted by molar-refractivity contribution is -0.765. The number of ether oxygens (including phenoxy) is 2. The van der Waals surface area contributed by atoms with E-state index in [1.807, 2.05) is 4.90 Å². The molecule has 3 aromatic rings. The van der Waals surface area contributed by atoms with E-state index < -0.39 is 83.8 Å². The van der Waals surface area contributed by atoms with Gasteiger partial charge in [-0.25, -0.2) is 24.1 Å². The molecule has 0 spiro atoms. The van der Waals surface area contributed by atoms with Crippen LogP contribution in [0.5, 0.6) is 0 Å². The van der Waals surface area contributed by atoms with Gasteiger partial charge in [-0.1, -0.05) is 0 Å². The van der Waals surface area contributed by atoms with Gasteiger partial charge in [0, 0.05) is 19.2 Å². The van der Waals surface area contributed by atoms with E-state index in [4.69, 9.17) is 30.0 Å². The largest absolute Gasteiger partial charge is 0.481 e. The first-order valence-electron chi connectivity index (χ1n) is 15.4. The molecule has 0 radical (unpaired) electrons. The van der Waals surface area contributed by atoms with Gasteiger partial charge in [-0.2, -0.15) is 8.88 Å². The number of aliphatic hydroxyl groups excluding tert-OH is 4. The lowest BCUT2D eigenvalue weighted by Gasteiger charge is -2.30. The number of nitrogen functional groups attached to an aromatic ring is 1. The number of primary amides is 1. The number of phosphoric ester groups is 2. The van der Waals surface area contributed by atoms with Crippen LogP contribution in [-0.2, 0) is 32.0 Å². The zero-order chi connectivity index (χ0) is 36.0. The molecule has 274 valence electrons. The molecule has 10 atom stereocenters. The maximum Gasteiger partial charge on any atom is 0.481 e. The van der Waals surface area contributed by atoms with Crippen LogP contribution < -0.4 is 20.9 Å². The standard InChI is InChI=1S/C26H36N8O14P2/c27-21-16-23(30-12-29-21)34(26(31-16)32-6-2-1-3-7-32)25-20(38)18(36)15(47-25)11-45-50(42,43)48-49(40,41)44-10-14-17(35)19(37)24(46-14)33-8-4-5-13(9-33)22(28)39/h4-5,8-9,12,14-15,17-20,24-25,35-38H,1-3,6-7,10-11H2,(H5-,27,28,29,30,39,40,41,42,43)/p+1/t14-,15-,17-,18-,19-,20-,24-,25-/m1/s1. The molecule has 0 saturated carbocycles. The molecule has 50 heavy (non-hydrogen) atoms. The SMILES string of the molecule is NC(=O)c1ccc[n+]([C@@H]2O[C@H](COP(=O)(O)OP(=O)(O)OC[C@H]3O[C@@H](n4c(N5CCCCC5)nc5c(N)ncnc54)[C@H](O)[C@@H]3O)[C@@H](O)[C@H]2O)c1. The van der Waals surface area contributed by atoms with Crippen molar-refractivity contribution in [3.8, 4) is 0 Å². The third kappa shape index (κ3) is 7.53. The van der Waals surface area contributed by atoms with Gasteiger partial charge in [-0.3, -0.25) is 18.4 Å². The van der Waals surface area contributed by atoms with Crippen molar-refractivity contribution in [1.82, 2.24) is 19.5 Å². The summed E-state index contributed by atoms with van der Waals surface area (Å²) in [4.78, 5) is 46.6. The van der Waals surface area contributed by atoms with Crippen LogP contribution in [0.2, 0.25) is 0 Å². The summed E-state index contributed by atoms with van der Waals surface area (Å²) in [5.41, 5.74) is 11.8. The minimum Gasteiger partial charge on any atom is -0.387 e. The number of rotatable bonds is 12. The van der Waals surface area contributed by atoms with Gasteiger partial charge in [-0.15, -0.1) is 0 Å². The summed E-state index contributed by atoms with van der Waals surface area (Å²) in [7, 11) is -10.8. The highest BCUT2D eigenvalue weighted by molar-refractivity contribution is 7.61. The summed E-state index contributed by atoms with van der Waals surface area (Å²) in [5, 5.41) is 42.7. The van der Waals surface area contributed by atoms with E-state index in [1.54, 1.807) is 0 Å². The predicted molar refractivity (Wildman–Crippen MR) is 165 cm³/mol. The zero-order valence-corrected chi connectivity index (χ0v) is 27.9. The fourth-order valence-electron chi connectivity index (χ4n) is 5.97. The highest BCUT2D eigenvalue weighted by Gasteiger charge is 2.50. The number of hydrogen-bond donors (Lipinski definition) is 8. The number of nitrogens with two attached hydrogens (primary N) is 2. The van der Waals surface area contributed by atoms with Gasteiger partial charge >= 0.3 is 15.6 Å². The van der Waals surface area contributed by atoms with Crippen LogP contribution in [0.4, 0.5) is 11.8 Å². The molecular weight excluding hydrogens is 710 g/mol. The van der Waals surface area contributed by atoms with Crippen LogP contribution in [-0.4, -0.2) is 119 Å². The molecule has 3 saturated heterocycles. The zero-order valence-electron chi connectivity index (χ0n) is 26.1. The third-order valence-electron chi connectivity index (χ3n) is 8.47. The Kier molecular flexibility index (Phi) is 10.6. The van der Waals surface area contributed by atoms with Crippen molar-refractivity contribution >= 4 is 44.5 Å². The Labute approximate surface area is 283 Å². The number of hydrogen-bond acceptors (Lipinski definition) is 17. The Morgan fingerprint density at radius 1 is 0.960 bits per heavy atom. The number of pyridine rings is 1. The first kappa shape index (κ1) is 36.6. The van der Waals surface area contributed by atoms with E-state index in [0.717, 1.165) is 19.3 Å². The topological polar surface area (TPSA) is 322 Å². The van der Waals surface area contributed by atoms with Crippen LogP contribution in [0.3, 0.4) is 0 Å². The lowest BCUT2D eigenvalue weighted by atomic mass is 10.1. The van der Waals surface area contributed by atoms with E-state index >= 15 is 0 Å². The quantitative estimate of drug-likeness (QED) is 0.0732. The maximum absolute atomic E-state index is 12.7. The molecule has 0 bridgehead atoms. The average Bonchev–Trinajstić information content (AvgIpc) is 3.70. The molecule has 2 unspecified atom stereocenters. The summed E-state index contributed by atoms with van der Waals surface area (Å²) in [6.07, 6.45) is -5.34. The van der Waals surface area contributed by atoms with Gasteiger partial charge in [0.15, 0.2) is 41.7 Å². The predicted octanol–water partition coefficient (Wildman–Crippen LogP) is -2.03. The van der Waals surface area contributed by atoms with E-state index in [-0.39, 0.29) is 22.5 Å². The first-order chi connectivity index (χ1) is 23.7. The second-order valence-electron chi connectivity index (χ2n) is 11.9. The van der Waals surface area contributed by atoms with Gasteiger partial charge in [0.1, 0.15) is 42.4 Å². The molecule has 3 aliphatic rings. The average molecular weight is 748 g/mol. The fraction of sp³-hybridized carbons (Fsp3) is 0.577. The van der Waals surface area contributed by atoms with Gasteiger partial charge in [0.05, 0.1) is 13.2 Å². The molecule has 1 amide bonds. The first-order valence-corrected chi connectivity index (χ1v) is 18.4. The highest BCUT2D eigenvalue weighted by Crippen LogP contribution is 2.60. The van der Waals surface area contributed by atoms with Gasteiger partial charge < -0.3 is 56.1 Å². The van der Waals surface area contributed by atoms with Crippen LogP contribution in [0.25, 0.3) is 11.2 Å². The lowest BCUT2D eigenvalue weighted by Crippen LogP contribution is -2.46. The van der Waals surface area contributed by atoms with Crippen LogP contribution in [0.1, 0.15) is 42.1 Å². The van der Waals surface area contributed by atoms with Crippen molar-refractivity contribution in [2.24, 2.45) is 5.73 Å². The van der Waals surface area contributed by atoms with E-state index in [9.17, 15) is 44.1 Å². The second kappa shape index (κ2) is 14.4. The number of carbonyl (C=O) groups excluding carboxylic acids is 1. The number of aliphatic hydroxyl groups is 4. The van der Waals surface area contributed by atoms with Crippen molar-refractivity contribution in [1.29, 1.82) is 0 Å². The molecule has 0 aromatic carbocycles. The summed E-state index contributed by atoms with van der Waals surface area (Å²) >= 11 is 0. The molecule has 6 rings (SSSR count). The van der Waals surface area contributed by atoms with Crippen molar-refractivity contribution in [2.45, 2.75) is 68.3 Å². The molecule has 3 aliphatic heterocycles. The molecule has 3 fully saturated rings. The molecular formula is C26H37N8O14P2+. The Morgan fingerprint density at radius 2 is 1.60 bits per heavy atom. The molecule has 0 aliphatic carbocycles. The van der Waals surface area contributed by atoms with Crippen molar-refractivity contribution in [3.05, 3.63) is 36.4 Å². The van der Waals surface area contributed by atoms with Gasteiger partial charge in [-0.05, 0) is 25.3 Å². The number of piperidine rings is 1. The summed E-state index contributed by atoms with van der Waals surface area (Å²) < 4.78 is 53.3. The van der Waals surface area contributed by atoms with Crippen LogP contribution in [0.15, 0.2) is 30.9 Å². The minimum absolute atomic E-state index is 0.0715. The Bertz CT molecular complexity index is 1810. The Hall–Kier alpha value is -3.21. The smallest absolute Gasteiger partial charge is 0.387 e. The number of phosphoric acid groups is 2. The third-order valence-corrected chi connectivity index (χ3v) is 11.1. The highest BCUT2D eigenvalue weighted by atomic mass is 31.3. The maximum atomic E-state index is 12.7. The second-order valence-corrected chi connectivity index (χ2v) is 14.9. The number of imidazole rings is 1. The van der Waals surface area contributed by atoms with Crippen molar-refractivity contribution < 1.29 is 71.5 Å². The normalized spacial score (nSPS) is 31.1. The number of aromatic nitrogens is 5. The summed E-state index contributed by atoms with van der Waals surface area (Å²) in [5.74, 6) is -0.333. The monoisotopic (exact) mass is 747 g/mol. The fourth-order valence-corrected chi connectivity index (χ4v) is 8.06. The van der Waals surface area contributed by atoms with Crippen LogP contribution in [0, 0.1) is 0 Å². The van der Waals surface area contributed by atoms with Gasteiger partial charge in [0.2, 0.25) is 5.95 Å². The van der Waals surface area contributed by atoms with Crippen molar-refractivity contribution in [2.75, 3.05) is 36.9 Å². The summed E-state index contributed by atoms with van der Waals surface area (Å²) in [6.45, 7) is -0.520. The molecule has 10 N–H and O–H groups in total. The molecule has 6 heterocycles.